The average molecular weight is 480 g/mol. The van der Waals surface area contributed by atoms with Crippen molar-refractivity contribution in [3.05, 3.63) is 113 Å². The van der Waals surface area contributed by atoms with Gasteiger partial charge in [-0.15, -0.1) is 0 Å². The van der Waals surface area contributed by atoms with Gasteiger partial charge in [0.05, 0.1) is 23.3 Å². The van der Waals surface area contributed by atoms with Crippen LogP contribution in [0.5, 0.6) is 0 Å². The topological polar surface area (TPSA) is 48.0 Å². The van der Waals surface area contributed by atoms with E-state index in [9.17, 15) is 0 Å². The summed E-state index contributed by atoms with van der Waals surface area (Å²) in [5, 5.41) is 2.35. The summed E-state index contributed by atoms with van der Waals surface area (Å²) in [5.74, 6) is 1.88. The van der Waals surface area contributed by atoms with Crippen LogP contribution in [0.2, 0.25) is 0 Å². The smallest absolute Gasteiger partial charge is 0.188 e. The van der Waals surface area contributed by atoms with Crippen molar-refractivity contribution < 1.29 is 0 Å². The lowest BCUT2D eigenvalue weighted by atomic mass is 9.99. The van der Waals surface area contributed by atoms with Gasteiger partial charge in [0.2, 0.25) is 0 Å². The molecule has 0 saturated carbocycles. The molecule has 0 aliphatic carbocycles. The van der Waals surface area contributed by atoms with Gasteiger partial charge in [-0.1, -0.05) is 65.7 Å². The predicted molar refractivity (Wildman–Crippen MR) is 150 cm³/mol. The number of nitrogens with zero attached hydrogens (tertiary/aromatic N) is 5. The Morgan fingerprint density at radius 1 is 0.649 bits per heavy atom. The van der Waals surface area contributed by atoms with Crippen LogP contribution in [-0.4, -0.2) is 19.5 Å². The minimum Gasteiger partial charge on any atom is -0.309 e. The van der Waals surface area contributed by atoms with E-state index in [1.54, 1.807) is 0 Å². The van der Waals surface area contributed by atoms with Gasteiger partial charge in [0, 0.05) is 16.3 Å². The van der Waals surface area contributed by atoms with E-state index in [2.05, 4.69) is 98.9 Å². The molecule has 0 atom stereocenters. The minimum atomic E-state index is 0.547. The fraction of sp³-hybridized carbons (Fsp3) is 0.125. The first-order chi connectivity index (χ1) is 17.9. The Morgan fingerprint density at radius 2 is 1.35 bits per heavy atom. The van der Waals surface area contributed by atoms with Crippen LogP contribution in [0.3, 0.4) is 0 Å². The Morgan fingerprint density at radius 3 is 2.08 bits per heavy atom. The first-order valence-corrected chi connectivity index (χ1v) is 12.2. The molecule has 5 nitrogen and oxygen atoms in total. The minimum absolute atomic E-state index is 0.547. The number of benzene rings is 4. The number of fused-ring (bicyclic) bond motifs is 3. The zero-order valence-electron chi connectivity index (χ0n) is 21.2. The van der Waals surface area contributed by atoms with Crippen LogP contribution in [0.4, 0.5) is 5.69 Å². The molecule has 0 aliphatic rings. The Hall–Kier alpha value is -4.82. The van der Waals surface area contributed by atoms with Crippen molar-refractivity contribution in [2.75, 3.05) is 0 Å². The summed E-state index contributed by atoms with van der Waals surface area (Å²) in [5.41, 5.74) is 9.32. The maximum absolute atomic E-state index is 7.62. The van der Waals surface area contributed by atoms with Crippen LogP contribution < -0.4 is 0 Å². The highest BCUT2D eigenvalue weighted by Crippen LogP contribution is 2.38. The van der Waals surface area contributed by atoms with E-state index in [4.69, 9.17) is 6.57 Å². The molecule has 5 heteroatoms. The molecule has 37 heavy (non-hydrogen) atoms. The molecule has 178 valence electrons. The third-order valence-electron chi connectivity index (χ3n) is 6.68. The second-order valence-corrected chi connectivity index (χ2v) is 9.53. The lowest BCUT2D eigenvalue weighted by Gasteiger charge is -2.15. The maximum atomic E-state index is 7.62. The van der Waals surface area contributed by atoms with Gasteiger partial charge in [-0.3, -0.25) is 0 Å². The van der Waals surface area contributed by atoms with Crippen molar-refractivity contribution in [3.8, 4) is 28.2 Å². The predicted octanol–water partition coefficient (Wildman–Crippen LogP) is 8.09. The van der Waals surface area contributed by atoms with E-state index < -0.39 is 0 Å². The number of aryl methyl sites for hydroxylation is 4. The molecular formula is C32H25N5. The molecule has 0 N–H and O–H groups in total. The monoisotopic (exact) mass is 479 g/mol. The first kappa shape index (κ1) is 22.6. The first-order valence-electron chi connectivity index (χ1n) is 12.2. The van der Waals surface area contributed by atoms with Crippen LogP contribution >= 0.6 is 0 Å². The second kappa shape index (κ2) is 8.69. The molecule has 0 radical (unpaired) electrons. The highest BCUT2D eigenvalue weighted by molar-refractivity contribution is 6.10. The van der Waals surface area contributed by atoms with Crippen molar-refractivity contribution in [1.82, 2.24) is 19.5 Å². The number of aromatic nitrogens is 4. The average Bonchev–Trinajstić information content (AvgIpc) is 3.20. The Labute approximate surface area is 215 Å². The van der Waals surface area contributed by atoms with Crippen LogP contribution in [0, 0.1) is 34.3 Å². The van der Waals surface area contributed by atoms with Crippen LogP contribution in [0.15, 0.2) is 78.9 Å². The van der Waals surface area contributed by atoms with E-state index >= 15 is 0 Å². The fourth-order valence-corrected chi connectivity index (χ4v) is 5.25. The van der Waals surface area contributed by atoms with E-state index in [-0.39, 0.29) is 0 Å². The molecule has 0 bridgehead atoms. The normalized spacial score (nSPS) is 11.2. The lowest BCUT2D eigenvalue weighted by Crippen LogP contribution is -2.03. The molecule has 0 aliphatic heterocycles. The van der Waals surface area contributed by atoms with Gasteiger partial charge in [0.25, 0.3) is 0 Å². The number of hydrogen-bond acceptors (Lipinski definition) is 3. The second-order valence-electron chi connectivity index (χ2n) is 9.53. The van der Waals surface area contributed by atoms with Crippen LogP contribution in [0.25, 0.3) is 54.9 Å². The summed E-state index contributed by atoms with van der Waals surface area (Å²) in [6, 6.07) is 27.5. The van der Waals surface area contributed by atoms with Crippen molar-refractivity contribution in [3.63, 3.8) is 0 Å². The van der Waals surface area contributed by atoms with Gasteiger partial charge in [0.15, 0.2) is 11.5 Å². The Bertz CT molecular complexity index is 1850. The molecule has 2 heterocycles. The van der Waals surface area contributed by atoms with E-state index in [0.29, 0.717) is 23.2 Å². The quantitative estimate of drug-likeness (QED) is 0.241. The Balaban J connectivity index is 1.70. The highest BCUT2D eigenvalue weighted by Gasteiger charge is 2.18. The van der Waals surface area contributed by atoms with Gasteiger partial charge in [-0.2, -0.15) is 0 Å². The largest absolute Gasteiger partial charge is 0.309 e. The summed E-state index contributed by atoms with van der Waals surface area (Å²) < 4.78 is 2.27. The maximum Gasteiger partial charge on any atom is 0.188 e. The highest BCUT2D eigenvalue weighted by atomic mass is 15.0. The number of para-hydroxylation sites is 1. The molecular weight excluding hydrogens is 454 g/mol. The number of rotatable bonds is 3. The van der Waals surface area contributed by atoms with Gasteiger partial charge in [0.1, 0.15) is 11.6 Å². The summed E-state index contributed by atoms with van der Waals surface area (Å²) in [6.07, 6.45) is 0. The molecule has 6 aromatic rings. The van der Waals surface area contributed by atoms with Gasteiger partial charge in [-0.05, 0) is 63.1 Å². The van der Waals surface area contributed by atoms with Crippen LogP contribution in [-0.2, 0) is 0 Å². The third kappa shape index (κ3) is 3.93. The fourth-order valence-electron chi connectivity index (χ4n) is 5.25. The van der Waals surface area contributed by atoms with Crippen molar-refractivity contribution in [2.24, 2.45) is 0 Å². The molecule has 0 saturated heterocycles. The Kier molecular flexibility index (Phi) is 5.31. The molecule has 4 aromatic carbocycles. The molecule has 0 spiro atoms. The summed E-state index contributed by atoms with van der Waals surface area (Å²) >= 11 is 0. The molecule has 0 fully saturated rings. The summed E-state index contributed by atoms with van der Waals surface area (Å²) in [6.45, 7) is 15.6. The van der Waals surface area contributed by atoms with E-state index in [1.165, 1.54) is 27.5 Å². The van der Waals surface area contributed by atoms with Crippen molar-refractivity contribution >= 4 is 27.5 Å². The third-order valence-corrected chi connectivity index (χ3v) is 6.68. The van der Waals surface area contributed by atoms with Crippen molar-refractivity contribution in [1.29, 1.82) is 0 Å². The van der Waals surface area contributed by atoms with Gasteiger partial charge < -0.3 is 4.57 Å². The SMILES string of the molecule is [C-]#[N+]c1ccc(-n2c3ccccc3c3ccc(-c4cc(C)cc(C)c4)cc32)c(-c2nc(C)nc(C)n2)c1. The number of hydrogen-bond donors (Lipinski definition) is 0. The van der Waals surface area contributed by atoms with E-state index in [0.717, 1.165) is 27.8 Å². The van der Waals surface area contributed by atoms with E-state index in [1.807, 2.05) is 32.0 Å². The van der Waals surface area contributed by atoms with Gasteiger partial charge in [-0.25, -0.2) is 19.8 Å². The molecule has 2 aromatic heterocycles. The summed E-state index contributed by atoms with van der Waals surface area (Å²) in [4.78, 5) is 17.4. The zero-order chi connectivity index (χ0) is 25.7. The van der Waals surface area contributed by atoms with Gasteiger partial charge >= 0.3 is 0 Å². The standard InChI is InChI=1S/C32H25N5/c1-19-14-20(2)16-24(15-19)23-10-12-27-26-8-6-7-9-29(26)37(31(27)17-23)30-13-11-25(33-5)18-28(30)32-35-21(3)34-22(4)36-32/h6-18H,1-4H3. The van der Waals surface area contributed by atoms with Crippen molar-refractivity contribution in [2.45, 2.75) is 27.7 Å². The molecule has 0 unspecified atom stereocenters. The summed E-state index contributed by atoms with van der Waals surface area (Å²) in [7, 11) is 0. The lowest BCUT2D eigenvalue weighted by molar-refractivity contribution is 0.927. The molecule has 0 amide bonds. The molecule has 6 rings (SSSR count). The zero-order valence-corrected chi connectivity index (χ0v) is 21.2. The van der Waals surface area contributed by atoms with Crippen LogP contribution in [0.1, 0.15) is 22.8 Å².